The molecule has 1 aliphatic rings. The first-order valence-corrected chi connectivity index (χ1v) is 10.3. The van der Waals surface area contributed by atoms with Gasteiger partial charge in [0.15, 0.2) is 5.16 Å². The van der Waals surface area contributed by atoms with Crippen LogP contribution in [0.15, 0.2) is 52.4 Å². The fourth-order valence-electron chi connectivity index (χ4n) is 3.43. The molecule has 0 spiro atoms. The van der Waals surface area contributed by atoms with Crippen molar-refractivity contribution in [2.24, 2.45) is 0 Å². The first kappa shape index (κ1) is 19.3. The molecule has 3 heterocycles. The summed E-state index contributed by atoms with van der Waals surface area (Å²) >= 11 is 1.43. The van der Waals surface area contributed by atoms with Gasteiger partial charge in [0, 0.05) is 43.8 Å². The SMILES string of the molecule is CSc1nc2c(c(=O)[nH]1)CN(Cc1cccc(-c3cccc([N+](=O)[O-])c3)n1)CC2. The number of hydrogen-bond acceptors (Lipinski definition) is 7. The number of hydrogen-bond donors (Lipinski definition) is 1. The molecule has 8 nitrogen and oxygen atoms in total. The number of non-ortho nitro benzene ring substituents is 1. The molecule has 0 atom stereocenters. The van der Waals surface area contributed by atoms with Crippen LogP contribution in [0.3, 0.4) is 0 Å². The van der Waals surface area contributed by atoms with E-state index >= 15 is 0 Å². The maximum Gasteiger partial charge on any atom is 0.270 e. The van der Waals surface area contributed by atoms with Crippen LogP contribution in [0.1, 0.15) is 17.0 Å². The van der Waals surface area contributed by atoms with E-state index in [2.05, 4.69) is 19.9 Å². The summed E-state index contributed by atoms with van der Waals surface area (Å²) in [6, 6.07) is 12.1. The maximum atomic E-state index is 12.4. The van der Waals surface area contributed by atoms with Crippen LogP contribution in [0.2, 0.25) is 0 Å². The van der Waals surface area contributed by atoms with Crippen molar-refractivity contribution < 1.29 is 4.92 Å². The van der Waals surface area contributed by atoms with Crippen molar-refractivity contribution >= 4 is 17.4 Å². The summed E-state index contributed by atoms with van der Waals surface area (Å²) in [6.07, 6.45) is 2.61. The number of nitro groups is 1. The van der Waals surface area contributed by atoms with Crippen LogP contribution >= 0.6 is 11.8 Å². The smallest absolute Gasteiger partial charge is 0.270 e. The molecule has 29 heavy (non-hydrogen) atoms. The van der Waals surface area contributed by atoms with E-state index in [1.54, 1.807) is 6.07 Å². The average molecular weight is 409 g/mol. The van der Waals surface area contributed by atoms with Gasteiger partial charge in [-0.1, -0.05) is 30.0 Å². The van der Waals surface area contributed by atoms with Crippen molar-refractivity contribution in [3.8, 4) is 11.3 Å². The highest BCUT2D eigenvalue weighted by Crippen LogP contribution is 2.23. The van der Waals surface area contributed by atoms with Crippen molar-refractivity contribution in [3.63, 3.8) is 0 Å². The zero-order valence-electron chi connectivity index (χ0n) is 15.8. The second kappa shape index (κ2) is 8.14. The largest absolute Gasteiger partial charge is 0.301 e. The Morgan fingerprint density at radius 2 is 2.07 bits per heavy atom. The number of nitrogens with zero attached hydrogens (tertiary/aromatic N) is 4. The lowest BCUT2D eigenvalue weighted by molar-refractivity contribution is -0.384. The van der Waals surface area contributed by atoms with Gasteiger partial charge < -0.3 is 4.98 Å². The number of nitrogens with one attached hydrogen (secondary N) is 1. The first-order valence-electron chi connectivity index (χ1n) is 9.12. The van der Waals surface area contributed by atoms with E-state index in [0.717, 1.165) is 24.4 Å². The van der Waals surface area contributed by atoms with Crippen LogP contribution in [0.25, 0.3) is 11.3 Å². The summed E-state index contributed by atoms with van der Waals surface area (Å²) in [5, 5.41) is 11.7. The van der Waals surface area contributed by atoms with Crippen LogP contribution in [0, 0.1) is 10.1 Å². The van der Waals surface area contributed by atoms with E-state index in [-0.39, 0.29) is 11.2 Å². The Balaban J connectivity index is 1.54. The Morgan fingerprint density at radius 3 is 2.86 bits per heavy atom. The zero-order valence-corrected chi connectivity index (χ0v) is 16.6. The van der Waals surface area contributed by atoms with Gasteiger partial charge in [-0.15, -0.1) is 0 Å². The standard InChI is InChI=1S/C20H19N5O3S/c1-29-20-22-18-8-9-24(12-16(18)19(26)23-20)11-14-5-3-7-17(21-14)13-4-2-6-15(10-13)25(27)28/h2-7,10H,8-9,11-12H2,1H3,(H,22,23,26). The van der Waals surface area contributed by atoms with Crippen LogP contribution < -0.4 is 5.56 Å². The van der Waals surface area contributed by atoms with E-state index in [9.17, 15) is 14.9 Å². The van der Waals surface area contributed by atoms with E-state index in [1.165, 1.54) is 23.9 Å². The summed E-state index contributed by atoms with van der Waals surface area (Å²) < 4.78 is 0. The minimum absolute atomic E-state index is 0.0404. The highest BCUT2D eigenvalue weighted by Gasteiger charge is 2.21. The van der Waals surface area contributed by atoms with E-state index in [0.29, 0.717) is 35.1 Å². The molecule has 2 aromatic heterocycles. The molecule has 1 aliphatic heterocycles. The fraction of sp³-hybridized carbons (Fsp3) is 0.250. The molecule has 0 aliphatic carbocycles. The number of H-pyrrole nitrogens is 1. The molecule has 0 fully saturated rings. The van der Waals surface area contributed by atoms with Crippen molar-refractivity contribution in [2.75, 3.05) is 12.8 Å². The average Bonchev–Trinajstić information content (AvgIpc) is 2.74. The lowest BCUT2D eigenvalue weighted by Crippen LogP contribution is -2.35. The third kappa shape index (κ3) is 4.20. The van der Waals surface area contributed by atoms with Crippen molar-refractivity contribution in [2.45, 2.75) is 24.7 Å². The van der Waals surface area contributed by atoms with Crippen molar-refractivity contribution in [1.29, 1.82) is 0 Å². The van der Waals surface area contributed by atoms with Gasteiger partial charge in [0.2, 0.25) is 0 Å². The monoisotopic (exact) mass is 409 g/mol. The predicted octanol–water partition coefficient (Wildman–Crippen LogP) is 3.02. The maximum absolute atomic E-state index is 12.4. The molecule has 0 saturated heterocycles. The zero-order chi connectivity index (χ0) is 20.4. The number of nitro benzene ring substituents is 1. The molecule has 148 valence electrons. The molecular weight excluding hydrogens is 390 g/mol. The number of thioether (sulfide) groups is 1. The molecule has 4 rings (SSSR count). The van der Waals surface area contributed by atoms with Gasteiger partial charge in [-0.3, -0.25) is 24.8 Å². The summed E-state index contributed by atoms with van der Waals surface area (Å²) in [7, 11) is 0. The van der Waals surface area contributed by atoms with Crippen LogP contribution in [0.4, 0.5) is 5.69 Å². The Bertz CT molecular complexity index is 1130. The van der Waals surface area contributed by atoms with Gasteiger partial charge in [0.1, 0.15) is 0 Å². The van der Waals surface area contributed by atoms with E-state index in [1.807, 2.05) is 30.5 Å². The molecule has 0 saturated carbocycles. The van der Waals surface area contributed by atoms with Crippen LogP contribution in [-0.4, -0.2) is 37.6 Å². The Hall–Kier alpha value is -3.04. The summed E-state index contributed by atoms with van der Waals surface area (Å²) in [5.74, 6) is 0. The van der Waals surface area contributed by atoms with E-state index < -0.39 is 4.92 Å². The second-order valence-corrected chi connectivity index (χ2v) is 7.58. The van der Waals surface area contributed by atoms with Crippen molar-refractivity contribution in [1.82, 2.24) is 19.9 Å². The van der Waals surface area contributed by atoms with Gasteiger partial charge in [0.05, 0.1) is 27.6 Å². The molecule has 9 heteroatoms. The molecule has 0 unspecified atom stereocenters. The number of benzene rings is 1. The van der Waals surface area contributed by atoms with Crippen LogP contribution in [-0.2, 0) is 19.5 Å². The Kier molecular flexibility index (Phi) is 5.41. The number of aromatic amines is 1. The molecule has 3 aromatic rings. The van der Waals surface area contributed by atoms with Gasteiger partial charge in [0.25, 0.3) is 11.2 Å². The summed E-state index contributed by atoms with van der Waals surface area (Å²) in [4.78, 5) is 37.2. The predicted molar refractivity (Wildman–Crippen MR) is 111 cm³/mol. The Morgan fingerprint density at radius 1 is 1.24 bits per heavy atom. The molecular formula is C20H19N5O3S. The minimum Gasteiger partial charge on any atom is -0.301 e. The number of fused-ring (bicyclic) bond motifs is 1. The third-order valence-electron chi connectivity index (χ3n) is 4.86. The topological polar surface area (TPSA) is 105 Å². The fourth-order valence-corrected chi connectivity index (χ4v) is 3.82. The van der Waals surface area contributed by atoms with Gasteiger partial charge >= 0.3 is 0 Å². The molecule has 0 radical (unpaired) electrons. The Labute approximate surface area is 171 Å². The quantitative estimate of drug-likeness (QED) is 0.299. The number of rotatable bonds is 5. The molecule has 0 amide bonds. The summed E-state index contributed by atoms with van der Waals surface area (Å²) in [5.41, 5.74) is 3.78. The van der Waals surface area contributed by atoms with Gasteiger partial charge in [-0.25, -0.2) is 4.98 Å². The van der Waals surface area contributed by atoms with Gasteiger partial charge in [-0.05, 0) is 18.4 Å². The molecule has 1 aromatic carbocycles. The number of pyridine rings is 1. The number of aromatic nitrogens is 3. The second-order valence-electron chi connectivity index (χ2n) is 6.78. The molecule has 1 N–H and O–H groups in total. The third-order valence-corrected chi connectivity index (χ3v) is 5.44. The molecule has 0 bridgehead atoms. The normalized spacial score (nSPS) is 13.8. The van der Waals surface area contributed by atoms with Crippen LogP contribution in [0.5, 0.6) is 0 Å². The highest BCUT2D eigenvalue weighted by molar-refractivity contribution is 7.98. The highest BCUT2D eigenvalue weighted by atomic mass is 32.2. The van der Waals surface area contributed by atoms with Crippen molar-refractivity contribution in [3.05, 3.63) is 79.9 Å². The minimum atomic E-state index is -0.410. The first-order chi connectivity index (χ1) is 14.0. The lowest BCUT2D eigenvalue weighted by atomic mass is 10.1. The summed E-state index contributed by atoms with van der Waals surface area (Å²) in [6.45, 7) is 1.90. The van der Waals surface area contributed by atoms with E-state index in [4.69, 9.17) is 0 Å². The van der Waals surface area contributed by atoms with Gasteiger partial charge in [-0.2, -0.15) is 0 Å². The lowest BCUT2D eigenvalue weighted by Gasteiger charge is -2.27.